The van der Waals surface area contributed by atoms with Gasteiger partial charge in [0.25, 0.3) is 0 Å². The van der Waals surface area contributed by atoms with Crippen molar-refractivity contribution in [2.24, 2.45) is 0 Å². The molecule has 1 aromatic carbocycles. The third-order valence-electron chi connectivity index (χ3n) is 5.27. The van der Waals surface area contributed by atoms with Gasteiger partial charge in [-0.05, 0) is 54.1 Å². The lowest BCUT2D eigenvalue weighted by Crippen LogP contribution is -2.16. The highest BCUT2D eigenvalue weighted by Crippen LogP contribution is 2.30. The number of thioether (sulfide) groups is 1. The van der Waals surface area contributed by atoms with Gasteiger partial charge >= 0.3 is 0 Å². The Morgan fingerprint density at radius 1 is 1.09 bits per heavy atom. The molecular weight excluding hydrogens is 440 g/mol. The van der Waals surface area contributed by atoms with Crippen LogP contribution in [-0.4, -0.2) is 32.5 Å². The van der Waals surface area contributed by atoms with Crippen LogP contribution in [0.2, 0.25) is 0 Å². The molecule has 3 aromatic heterocycles. The minimum absolute atomic E-state index is 0.236. The number of thiophene rings is 1. The molecule has 6 nitrogen and oxygen atoms in total. The third-order valence-corrected chi connectivity index (χ3v) is 7.18. The molecule has 0 aliphatic carbocycles. The molecule has 1 fully saturated rings. The van der Waals surface area contributed by atoms with E-state index in [4.69, 9.17) is 9.47 Å². The van der Waals surface area contributed by atoms with E-state index in [0.29, 0.717) is 6.61 Å². The lowest BCUT2D eigenvalue weighted by molar-refractivity contribution is 0.0953. The van der Waals surface area contributed by atoms with Crippen LogP contribution in [0, 0.1) is 0 Å². The lowest BCUT2D eigenvalue weighted by Gasteiger charge is -2.14. The molecule has 0 bridgehead atoms. The Morgan fingerprint density at radius 3 is 2.78 bits per heavy atom. The highest BCUT2D eigenvalue weighted by Gasteiger charge is 2.22. The zero-order valence-electron chi connectivity index (χ0n) is 17.6. The van der Waals surface area contributed by atoms with Gasteiger partial charge in [-0.15, -0.1) is 21.5 Å². The SMILES string of the molecule is c1ccc(COc2ccc(CSc3nnc(-c4cccs4)n3CC3CCCO3)cc2)nc1. The average molecular weight is 465 g/mol. The van der Waals surface area contributed by atoms with Gasteiger partial charge in [0, 0.05) is 18.6 Å². The van der Waals surface area contributed by atoms with Crippen molar-refractivity contribution in [3.63, 3.8) is 0 Å². The minimum atomic E-state index is 0.236. The van der Waals surface area contributed by atoms with Crippen LogP contribution in [0.3, 0.4) is 0 Å². The molecule has 4 aromatic rings. The van der Waals surface area contributed by atoms with E-state index >= 15 is 0 Å². The summed E-state index contributed by atoms with van der Waals surface area (Å²) in [6.07, 6.45) is 4.23. The van der Waals surface area contributed by atoms with Crippen LogP contribution in [0.15, 0.2) is 71.3 Å². The maximum atomic E-state index is 5.88. The maximum absolute atomic E-state index is 5.88. The molecule has 32 heavy (non-hydrogen) atoms. The van der Waals surface area contributed by atoms with Crippen molar-refractivity contribution < 1.29 is 9.47 Å². The molecule has 0 N–H and O–H groups in total. The second kappa shape index (κ2) is 10.3. The van der Waals surface area contributed by atoms with Crippen LogP contribution in [0.25, 0.3) is 10.7 Å². The summed E-state index contributed by atoms with van der Waals surface area (Å²) in [5, 5.41) is 12.0. The summed E-state index contributed by atoms with van der Waals surface area (Å²) in [5.41, 5.74) is 2.13. The molecule has 0 saturated carbocycles. The normalized spacial score (nSPS) is 15.8. The third kappa shape index (κ3) is 5.20. The van der Waals surface area contributed by atoms with Gasteiger partial charge in [0.1, 0.15) is 12.4 Å². The van der Waals surface area contributed by atoms with E-state index in [0.717, 1.165) is 59.0 Å². The first-order valence-electron chi connectivity index (χ1n) is 10.7. The fourth-order valence-electron chi connectivity index (χ4n) is 3.61. The van der Waals surface area contributed by atoms with Gasteiger partial charge in [0.15, 0.2) is 11.0 Å². The van der Waals surface area contributed by atoms with E-state index in [1.54, 1.807) is 29.3 Å². The molecule has 1 aliphatic heterocycles. The fraction of sp³-hybridized carbons (Fsp3) is 0.292. The minimum Gasteiger partial charge on any atom is -0.487 e. The molecule has 0 amide bonds. The molecule has 0 radical (unpaired) electrons. The highest BCUT2D eigenvalue weighted by atomic mass is 32.2. The van der Waals surface area contributed by atoms with Crippen molar-refractivity contribution in [2.45, 2.75) is 43.0 Å². The van der Waals surface area contributed by atoms with Crippen molar-refractivity contribution in [1.29, 1.82) is 0 Å². The number of rotatable bonds is 9. The predicted molar refractivity (Wildman–Crippen MR) is 127 cm³/mol. The van der Waals surface area contributed by atoms with Crippen LogP contribution in [0.1, 0.15) is 24.1 Å². The second-order valence-corrected chi connectivity index (χ2v) is 9.46. The first-order valence-corrected chi connectivity index (χ1v) is 12.5. The monoisotopic (exact) mass is 464 g/mol. The Labute approximate surface area is 195 Å². The van der Waals surface area contributed by atoms with Gasteiger partial charge in [-0.25, -0.2) is 0 Å². The number of ether oxygens (including phenoxy) is 2. The molecule has 164 valence electrons. The summed E-state index contributed by atoms with van der Waals surface area (Å²) >= 11 is 3.39. The fourth-order valence-corrected chi connectivity index (χ4v) is 5.23. The van der Waals surface area contributed by atoms with Crippen molar-refractivity contribution in [2.75, 3.05) is 6.61 Å². The van der Waals surface area contributed by atoms with Crippen molar-refractivity contribution in [3.05, 3.63) is 77.4 Å². The molecule has 5 rings (SSSR count). The maximum Gasteiger partial charge on any atom is 0.191 e. The van der Waals surface area contributed by atoms with Crippen molar-refractivity contribution >= 4 is 23.1 Å². The molecular formula is C24H24N4O2S2. The molecule has 1 aliphatic rings. The van der Waals surface area contributed by atoms with E-state index in [1.807, 2.05) is 30.3 Å². The van der Waals surface area contributed by atoms with Crippen molar-refractivity contribution in [1.82, 2.24) is 19.7 Å². The number of hydrogen-bond donors (Lipinski definition) is 0. The predicted octanol–water partition coefficient (Wildman–Crippen LogP) is 5.45. The van der Waals surface area contributed by atoms with Gasteiger partial charge in [-0.1, -0.05) is 36.0 Å². The summed E-state index contributed by atoms with van der Waals surface area (Å²) in [4.78, 5) is 5.42. The van der Waals surface area contributed by atoms with E-state index in [9.17, 15) is 0 Å². The van der Waals surface area contributed by atoms with Crippen molar-refractivity contribution in [3.8, 4) is 16.5 Å². The molecule has 1 unspecified atom stereocenters. The first-order chi connectivity index (χ1) is 15.8. The number of aromatic nitrogens is 4. The van der Waals surface area contributed by atoms with Crippen LogP contribution in [0.5, 0.6) is 5.75 Å². The standard InChI is InChI=1S/C24H24N4O2S2/c1-2-12-25-19(5-1)16-30-20-10-8-18(9-11-20)17-32-24-27-26-23(22-7-4-14-31-22)28(24)15-21-6-3-13-29-21/h1-2,4-5,7-12,14,21H,3,6,13,15-17H2. The quantitative estimate of drug-likeness (QED) is 0.307. The summed E-state index contributed by atoms with van der Waals surface area (Å²) in [6.45, 7) is 2.11. The zero-order chi connectivity index (χ0) is 21.6. The van der Waals surface area contributed by atoms with Crippen LogP contribution in [-0.2, 0) is 23.6 Å². The van der Waals surface area contributed by atoms with Gasteiger partial charge in [-0.3, -0.25) is 9.55 Å². The van der Waals surface area contributed by atoms with Gasteiger partial charge < -0.3 is 9.47 Å². The molecule has 4 heterocycles. The lowest BCUT2D eigenvalue weighted by atomic mass is 10.2. The number of benzene rings is 1. The average Bonchev–Trinajstić information content (AvgIpc) is 3.61. The molecule has 8 heteroatoms. The molecule has 1 atom stereocenters. The highest BCUT2D eigenvalue weighted by molar-refractivity contribution is 7.98. The number of hydrogen-bond acceptors (Lipinski definition) is 7. The topological polar surface area (TPSA) is 62.1 Å². The van der Waals surface area contributed by atoms with E-state index in [2.05, 4.69) is 49.4 Å². The van der Waals surface area contributed by atoms with E-state index < -0.39 is 0 Å². The zero-order valence-corrected chi connectivity index (χ0v) is 19.2. The largest absolute Gasteiger partial charge is 0.487 e. The van der Waals surface area contributed by atoms with Crippen LogP contribution in [0.4, 0.5) is 0 Å². The summed E-state index contributed by atoms with van der Waals surface area (Å²) in [5.74, 6) is 2.58. The Balaban J connectivity index is 1.24. The van der Waals surface area contributed by atoms with E-state index in [1.165, 1.54) is 5.56 Å². The van der Waals surface area contributed by atoms with Gasteiger partial charge in [0.05, 0.1) is 23.2 Å². The summed E-state index contributed by atoms with van der Waals surface area (Å²) < 4.78 is 13.9. The Kier molecular flexibility index (Phi) is 6.81. The Hall–Kier alpha value is -2.68. The summed E-state index contributed by atoms with van der Waals surface area (Å²) in [7, 11) is 0. The van der Waals surface area contributed by atoms with E-state index in [-0.39, 0.29) is 6.10 Å². The smallest absolute Gasteiger partial charge is 0.191 e. The Morgan fingerprint density at radius 2 is 2.03 bits per heavy atom. The van der Waals surface area contributed by atoms with Crippen LogP contribution >= 0.6 is 23.1 Å². The number of pyridine rings is 1. The molecule has 1 saturated heterocycles. The number of nitrogens with zero attached hydrogens (tertiary/aromatic N) is 4. The first kappa shape index (κ1) is 21.2. The van der Waals surface area contributed by atoms with Crippen LogP contribution < -0.4 is 4.74 Å². The van der Waals surface area contributed by atoms with Gasteiger partial charge in [0.2, 0.25) is 0 Å². The second-order valence-electron chi connectivity index (χ2n) is 7.57. The Bertz CT molecular complexity index is 1110. The summed E-state index contributed by atoms with van der Waals surface area (Å²) in [6, 6.07) is 18.2. The van der Waals surface area contributed by atoms with Gasteiger partial charge in [-0.2, -0.15) is 0 Å². The molecule has 0 spiro atoms.